The normalized spacial score (nSPS) is 36.8. The smallest absolute Gasteiger partial charge is 0.222 e. The first kappa shape index (κ1) is 14.4. The van der Waals surface area contributed by atoms with Gasteiger partial charge in [0.25, 0.3) is 0 Å². The average Bonchev–Trinajstić information content (AvgIpc) is 3.00. The molecule has 3 rings (SSSR count). The minimum absolute atomic E-state index is 0.185. The summed E-state index contributed by atoms with van der Waals surface area (Å²) in [7, 11) is 0. The molecule has 3 N–H and O–H groups in total. The fourth-order valence-electron chi connectivity index (χ4n) is 5.07. The summed E-state index contributed by atoms with van der Waals surface area (Å²) in [5.41, 5.74) is 6.16. The molecule has 114 valence electrons. The molecule has 0 aliphatic heterocycles. The number of hydrogen-bond acceptors (Lipinski definition) is 2. The van der Waals surface area contributed by atoms with Crippen LogP contribution in [0.25, 0.3) is 0 Å². The molecule has 3 aliphatic rings. The Morgan fingerprint density at radius 3 is 2.60 bits per heavy atom. The van der Waals surface area contributed by atoms with Crippen LogP contribution in [0.15, 0.2) is 0 Å². The van der Waals surface area contributed by atoms with Gasteiger partial charge in [-0.15, -0.1) is 0 Å². The maximum atomic E-state index is 12.3. The van der Waals surface area contributed by atoms with Gasteiger partial charge in [-0.3, -0.25) is 4.79 Å². The van der Waals surface area contributed by atoms with Crippen LogP contribution in [-0.4, -0.2) is 17.5 Å². The lowest BCUT2D eigenvalue weighted by molar-refractivity contribution is -0.123. The molecule has 0 aromatic carbocycles. The number of carbonyl (C=O) groups is 1. The summed E-state index contributed by atoms with van der Waals surface area (Å²) in [6.07, 6.45) is 11.8. The van der Waals surface area contributed by atoms with E-state index in [4.69, 9.17) is 5.73 Å². The van der Waals surface area contributed by atoms with Crippen LogP contribution in [-0.2, 0) is 4.79 Å². The van der Waals surface area contributed by atoms with Gasteiger partial charge in [0.1, 0.15) is 0 Å². The van der Waals surface area contributed by atoms with Gasteiger partial charge in [0.2, 0.25) is 5.91 Å². The van der Waals surface area contributed by atoms with E-state index in [0.29, 0.717) is 12.5 Å². The maximum absolute atomic E-state index is 12.3. The van der Waals surface area contributed by atoms with Gasteiger partial charge < -0.3 is 11.1 Å². The first-order chi connectivity index (χ1) is 9.56. The summed E-state index contributed by atoms with van der Waals surface area (Å²) in [5, 5.41) is 3.26. The highest BCUT2D eigenvalue weighted by Gasteiger charge is 2.42. The van der Waals surface area contributed by atoms with Crippen LogP contribution in [0, 0.1) is 17.8 Å². The van der Waals surface area contributed by atoms with Crippen molar-refractivity contribution in [3.8, 4) is 0 Å². The third-order valence-corrected chi connectivity index (χ3v) is 6.19. The minimum Gasteiger partial charge on any atom is -0.353 e. The van der Waals surface area contributed by atoms with Crippen LogP contribution >= 0.6 is 0 Å². The lowest BCUT2D eigenvalue weighted by Crippen LogP contribution is -2.48. The van der Waals surface area contributed by atoms with Crippen molar-refractivity contribution in [2.75, 3.05) is 0 Å². The number of nitrogens with one attached hydrogen (secondary N) is 1. The summed E-state index contributed by atoms with van der Waals surface area (Å²) < 4.78 is 0. The molecule has 0 heterocycles. The van der Waals surface area contributed by atoms with Gasteiger partial charge in [-0.2, -0.15) is 0 Å². The first-order valence-corrected chi connectivity index (χ1v) is 8.64. The average molecular weight is 278 g/mol. The second-order valence-electron chi connectivity index (χ2n) is 7.79. The van der Waals surface area contributed by atoms with Crippen molar-refractivity contribution in [1.29, 1.82) is 0 Å². The van der Waals surface area contributed by atoms with Crippen molar-refractivity contribution < 1.29 is 4.79 Å². The molecule has 0 radical (unpaired) electrons. The highest BCUT2D eigenvalue weighted by Crippen LogP contribution is 2.49. The quantitative estimate of drug-likeness (QED) is 0.830. The molecule has 0 aromatic heterocycles. The molecule has 2 bridgehead atoms. The molecule has 20 heavy (non-hydrogen) atoms. The van der Waals surface area contributed by atoms with E-state index in [0.717, 1.165) is 30.6 Å². The summed E-state index contributed by atoms with van der Waals surface area (Å²) in [6.45, 7) is 2.20. The third-order valence-electron chi connectivity index (χ3n) is 6.19. The number of carbonyl (C=O) groups excluding carboxylic acids is 1. The van der Waals surface area contributed by atoms with E-state index >= 15 is 0 Å². The molecule has 0 spiro atoms. The Kier molecular flexibility index (Phi) is 4.07. The van der Waals surface area contributed by atoms with E-state index in [9.17, 15) is 4.79 Å². The first-order valence-electron chi connectivity index (χ1n) is 8.64. The van der Waals surface area contributed by atoms with Crippen molar-refractivity contribution in [3.05, 3.63) is 0 Å². The van der Waals surface area contributed by atoms with Crippen LogP contribution in [0.5, 0.6) is 0 Å². The van der Waals surface area contributed by atoms with E-state index in [1.807, 2.05) is 0 Å². The molecule has 0 saturated heterocycles. The SMILES string of the molecule is CC(NC(=O)CC1(N)CCCCC1)C1CC2CCC1C2. The van der Waals surface area contributed by atoms with Crippen LogP contribution in [0.3, 0.4) is 0 Å². The molecular weight excluding hydrogens is 248 g/mol. The summed E-state index contributed by atoms with van der Waals surface area (Å²) in [4.78, 5) is 12.3. The topological polar surface area (TPSA) is 55.1 Å². The standard InChI is InChI=1S/C17H30N2O/c1-12(15-10-13-5-6-14(15)9-13)19-16(20)11-17(18)7-3-2-4-8-17/h12-15H,2-11,18H2,1H3,(H,19,20). The van der Waals surface area contributed by atoms with Gasteiger partial charge in [0.05, 0.1) is 0 Å². The van der Waals surface area contributed by atoms with Crippen molar-refractivity contribution in [1.82, 2.24) is 5.32 Å². The fraction of sp³-hybridized carbons (Fsp3) is 0.941. The van der Waals surface area contributed by atoms with Crippen LogP contribution < -0.4 is 11.1 Å². The van der Waals surface area contributed by atoms with Crippen molar-refractivity contribution in [2.45, 2.75) is 82.7 Å². The Hall–Kier alpha value is -0.570. The Morgan fingerprint density at radius 2 is 2.00 bits per heavy atom. The Balaban J connectivity index is 1.48. The molecule has 0 aromatic rings. The highest BCUT2D eigenvalue weighted by atomic mass is 16.1. The predicted octanol–water partition coefficient (Wildman–Crippen LogP) is 2.98. The van der Waals surface area contributed by atoms with Gasteiger partial charge in [0.15, 0.2) is 0 Å². The van der Waals surface area contributed by atoms with Crippen molar-refractivity contribution >= 4 is 5.91 Å². The molecule has 1 amide bonds. The fourth-order valence-corrected chi connectivity index (χ4v) is 5.07. The van der Waals surface area contributed by atoms with Gasteiger partial charge in [-0.05, 0) is 56.8 Å². The zero-order valence-corrected chi connectivity index (χ0v) is 12.9. The monoisotopic (exact) mass is 278 g/mol. The number of amides is 1. The Morgan fingerprint density at radius 1 is 1.25 bits per heavy atom. The number of fused-ring (bicyclic) bond motifs is 2. The van der Waals surface area contributed by atoms with Gasteiger partial charge in [-0.1, -0.05) is 25.7 Å². The third kappa shape index (κ3) is 3.03. The number of hydrogen-bond donors (Lipinski definition) is 2. The molecule has 4 atom stereocenters. The lowest BCUT2D eigenvalue weighted by atomic mass is 9.79. The predicted molar refractivity (Wildman–Crippen MR) is 81.2 cm³/mol. The summed E-state index contributed by atoms with van der Waals surface area (Å²) in [6, 6.07) is 0.338. The molecule has 3 saturated carbocycles. The van der Waals surface area contributed by atoms with E-state index in [1.165, 1.54) is 44.9 Å². The number of nitrogens with two attached hydrogens (primary N) is 1. The zero-order chi connectivity index (χ0) is 14.2. The van der Waals surface area contributed by atoms with E-state index < -0.39 is 0 Å². The van der Waals surface area contributed by atoms with Crippen molar-refractivity contribution in [2.24, 2.45) is 23.5 Å². The molecule has 4 unspecified atom stereocenters. The van der Waals surface area contributed by atoms with Crippen LogP contribution in [0.2, 0.25) is 0 Å². The van der Waals surface area contributed by atoms with Crippen LogP contribution in [0.1, 0.15) is 71.1 Å². The summed E-state index contributed by atoms with van der Waals surface area (Å²) in [5.74, 6) is 2.72. The maximum Gasteiger partial charge on any atom is 0.222 e. The van der Waals surface area contributed by atoms with E-state index in [-0.39, 0.29) is 11.4 Å². The summed E-state index contributed by atoms with van der Waals surface area (Å²) >= 11 is 0. The van der Waals surface area contributed by atoms with Gasteiger partial charge in [-0.25, -0.2) is 0 Å². The molecule has 3 nitrogen and oxygen atoms in total. The number of rotatable bonds is 4. The Labute approximate surface area is 123 Å². The molecule has 3 fully saturated rings. The lowest BCUT2D eigenvalue weighted by Gasteiger charge is -2.34. The van der Waals surface area contributed by atoms with Crippen LogP contribution in [0.4, 0.5) is 0 Å². The Bertz CT molecular complexity index is 362. The second kappa shape index (κ2) is 5.67. The second-order valence-corrected chi connectivity index (χ2v) is 7.79. The molecule has 3 heteroatoms. The van der Waals surface area contributed by atoms with Crippen molar-refractivity contribution in [3.63, 3.8) is 0 Å². The molecule has 3 aliphatic carbocycles. The molecular formula is C17H30N2O. The van der Waals surface area contributed by atoms with E-state index in [1.54, 1.807) is 0 Å². The highest BCUT2D eigenvalue weighted by molar-refractivity contribution is 5.77. The zero-order valence-electron chi connectivity index (χ0n) is 12.9. The van der Waals surface area contributed by atoms with E-state index in [2.05, 4.69) is 12.2 Å². The largest absolute Gasteiger partial charge is 0.353 e. The van der Waals surface area contributed by atoms with Gasteiger partial charge in [0, 0.05) is 18.0 Å². The van der Waals surface area contributed by atoms with Gasteiger partial charge >= 0.3 is 0 Å². The minimum atomic E-state index is -0.225.